The molecule has 74 valence electrons. The van der Waals surface area contributed by atoms with Crippen LogP contribution < -0.4 is 0 Å². The molecule has 0 amide bonds. The van der Waals surface area contributed by atoms with E-state index >= 15 is 0 Å². The lowest BCUT2D eigenvalue weighted by molar-refractivity contribution is -0.131. The Labute approximate surface area is 80.3 Å². The van der Waals surface area contributed by atoms with Gasteiger partial charge in [-0.25, -0.2) is 4.79 Å². The molecule has 0 unspecified atom stereocenters. The highest BCUT2D eigenvalue weighted by atomic mass is 16.4. The van der Waals surface area contributed by atoms with E-state index in [4.69, 9.17) is 5.11 Å². The highest BCUT2D eigenvalue weighted by Crippen LogP contribution is 2.06. The third-order valence-electron chi connectivity index (χ3n) is 1.64. The van der Waals surface area contributed by atoms with Gasteiger partial charge in [0.25, 0.3) is 0 Å². The average molecular weight is 182 g/mol. The second kappa shape index (κ2) is 7.35. The molecule has 0 saturated heterocycles. The summed E-state index contributed by atoms with van der Waals surface area (Å²) in [7, 11) is 0. The summed E-state index contributed by atoms with van der Waals surface area (Å²) < 4.78 is 0. The molecule has 0 aliphatic rings. The van der Waals surface area contributed by atoms with Gasteiger partial charge in [-0.3, -0.25) is 0 Å². The Kier molecular flexibility index (Phi) is 8.04. The average Bonchev–Trinajstić information content (AvgIpc) is 2.02. The zero-order chi connectivity index (χ0) is 9.56. The topological polar surface area (TPSA) is 37.3 Å². The van der Waals surface area contributed by atoms with Crippen molar-refractivity contribution in [2.75, 3.05) is 0 Å². The molecule has 2 heteroatoms. The molecule has 2 nitrogen and oxygen atoms in total. The van der Waals surface area contributed by atoms with Gasteiger partial charge in [-0.05, 0) is 26.3 Å². The van der Waals surface area contributed by atoms with Crippen molar-refractivity contribution in [2.24, 2.45) is 0 Å². The van der Waals surface area contributed by atoms with Crippen LogP contribution in [0.25, 0.3) is 0 Å². The van der Waals surface area contributed by atoms with Crippen LogP contribution in [0.3, 0.4) is 0 Å². The molecule has 0 saturated carbocycles. The lowest BCUT2D eigenvalue weighted by atomic mass is 10.1. The number of aliphatic carboxylic acids is 1. The maximum atomic E-state index is 10.1. The summed E-state index contributed by atoms with van der Waals surface area (Å²) in [5.74, 6) is -0.919. The standard InChI is InChI=1S/C10H14O2.CH4/c1-4-8(2)9(3)6-5-7-10(11)12;/h4-7H,1-3H3,(H,11,12);1H4/b7-5+,8-4+,9-6-;. The van der Waals surface area contributed by atoms with E-state index in [2.05, 4.69) is 0 Å². The molecule has 13 heavy (non-hydrogen) atoms. The Morgan fingerprint density at radius 1 is 1.23 bits per heavy atom. The lowest BCUT2D eigenvalue weighted by Gasteiger charge is -1.96. The number of carbonyl (C=O) groups is 1. The van der Waals surface area contributed by atoms with Crippen LogP contribution in [-0.4, -0.2) is 11.1 Å². The molecule has 0 aromatic heterocycles. The predicted octanol–water partition coefficient (Wildman–Crippen LogP) is 3.18. The molecule has 0 aliphatic carbocycles. The van der Waals surface area contributed by atoms with Gasteiger partial charge < -0.3 is 5.11 Å². The van der Waals surface area contributed by atoms with Gasteiger partial charge in [0.05, 0.1) is 0 Å². The maximum Gasteiger partial charge on any atom is 0.328 e. The molecule has 0 aromatic carbocycles. The van der Waals surface area contributed by atoms with Crippen LogP contribution in [0.4, 0.5) is 0 Å². The summed E-state index contributed by atoms with van der Waals surface area (Å²) in [5, 5.41) is 8.29. The van der Waals surface area contributed by atoms with Gasteiger partial charge in [0, 0.05) is 6.08 Å². The zero-order valence-corrected chi connectivity index (χ0v) is 7.66. The molecule has 0 radical (unpaired) electrons. The fourth-order valence-electron chi connectivity index (χ4n) is 0.634. The van der Waals surface area contributed by atoms with Crippen LogP contribution in [0, 0.1) is 0 Å². The van der Waals surface area contributed by atoms with Crippen molar-refractivity contribution in [1.29, 1.82) is 0 Å². The smallest absolute Gasteiger partial charge is 0.328 e. The van der Waals surface area contributed by atoms with Crippen molar-refractivity contribution >= 4 is 5.97 Å². The molecule has 0 aromatic rings. The Morgan fingerprint density at radius 2 is 1.77 bits per heavy atom. The summed E-state index contributed by atoms with van der Waals surface area (Å²) in [4.78, 5) is 10.1. The van der Waals surface area contributed by atoms with Crippen LogP contribution in [0.5, 0.6) is 0 Å². The molecule has 0 heterocycles. The van der Waals surface area contributed by atoms with Crippen molar-refractivity contribution in [3.8, 4) is 0 Å². The number of carboxylic acids is 1. The van der Waals surface area contributed by atoms with Crippen LogP contribution in [-0.2, 0) is 4.79 Å². The van der Waals surface area contributed by atoms with E-state index in [1.807, 2.05) is 26.8 Å². The van der Waals surface area contributed by atoms with Gasteiger partial charge >= 0.3 is 5.97 Å². The second-order valence-electron chi connectivity index (χ2n) is 2.52. The van der Waals surface area contributed by atoms with Crippen LogP contribution in [0.15, 0.2) is 35.5 Å². The Hall–Kier alpha value is -1.31. The van der Waals surface area contributed by atoms with Crippen LogP contribution >= 0.6 is 0 Å². The van der Waals surface area contributed by atoms with Crippen molar-refractivity contribution in [3.05, 3.63) is 35.5 Å². The highest BCUT2D eigenvalue weighted by molar-refractivity contribution is 5.80. The number of rotatable bonds is 3. The van der Waals surface area contributed by atoms with E-state index in [0.717, 1.165) is 17.2 Å². The van der Waals surface area contributed by atoms with E-state index in [0.29, 0.717) is 0 Å². The van der Waals surface area contributed by atoms with Gasteiger partial charge in [0.2, 0.25) is 0 Å². The first-order valence-corrected chi connectivity index (χ1v) is 3.79. The summed E-state index contributed by atoms with van der Waals surface area (Å²) in [6.07, 6.45) is 6.42. The Morgan fingerprint density at radius 3 is 2.15 bits per heavy atom. The van der Waals surface area contributed by atoms with Gasteiger partial charge in [-0.2, -0.15) is 0 Å². The van der Waals surface area contributed by atoms with Gasteiger partial charge in [0.15, 0.2) is 0 Å². The molecule has 1 N–H and O–H groups in total. The van der Waals surface area contributed by atoms with E-state index in [9.17, 15) is 4.79 Å². The molecular formula is C11H18O2. The molecule has 0 aliphatic heterocycles. The zero-order valence-electron chi connectivity index (χ0n) is 7.66. The molecule has 0 rings (SSSR count). The van der Waals surface area contributed by atoms with Crippen molar-refractivity contribution in [2.45, 2.75) is 28.2 Å². The maximum absolute atomic E-state index is 10.1. The SMILES string of the molecule is C.C/C=C(C)/C(C)=C\C=C\C(=O)O. The normalized spacial score (nSPS) is 12.8. The number of hydrogen-bond donors (Lipinski definition) is 1. The number of hydrogen-bond acceptors (Lipinski definition) is 1. The molecule has 0 atom stereocenters. The largest absolute Gasteiger partial charge is 0.478 e. The summed E-state index contributed by atoms with van der Waals surface area (Å²) >= 11 is 0. The second-order valence-corrected chi connectivity index (χ2v) is 2.52. The first kappa shape index (κ1) is 14.2. The Bertz CT molecular complexity index is 245. The third kappa shape index (κ3) is 7.06. The van der Waals surface area contributed by atoms with Gasteiger partial charge in [-0.15, -0.1) is 0 Å². The summed E-state index contributed by atoms with van der Waals surface area (Å²) in [5.41, 5.74) is 2.24. The predicted molar refractivity (Wildman–Crippen MR) is 56.7 cm³/mol. The first-order chi connectivity index (χ1) is 5.57. The fourth-order valence-corrected chi connectivity index (χ4v) is 0.634. The highest BCUT2D eigenvalue weighted by Gasteiger charge is 1.88. The van der Waals surface area contributed by atoms with Crippen molar-refractivity contribution < 1.29 is 9.90 Å². The van der Waals surface area contributed by atoms with E-state index in [1.54, 1.807) is 6.08 Å². The minimum Gasteiger partial charge on any atom is -0.478 e. The monoisotopic (exact) mass is 182 g/mol. The molecular weight excluding hydrogens is 164 g/mol. The van der Waals surface area contributed by atoms with E-state index in [-0.39, 0.29) is 7.43 Å². The number of carboxylic acid groups (broad SMARTS) is 1. The summed E-state index contributed by atoms with van der Waals surface area (Å²) in [6.45, 7) is 5.88. The molecule has 0 spiro atoms. The lowest BCUT2D eigenvalue weighted by Crippen LogP contribution is -1.85. The first-order valence-electron chi connectivity index (χ1n) is 3.79. The van der Waals surface area contributed by atoms with Crippen molar-refractivity contribution in [3.63, 3.8) is 0 Å². The quantitative estimate of drug-likeness (QED) is 0.537. The fraction of sp³-hybridized carbons (Fsp3) is 0.364. The number of allylic oxidation sites excluding steroid dienone is 5. The van der Waals surface area contributed by atoms with Gasteiger partial charge in [-0.1, -0.05) is 31.2 Å². The Balaban J connectivity index is 0. The van der Waals surface area contributed by atoms with Crippen LogP contribution in [0.2, 0.25) is 0 Å². The minimum atomic E-state index is -0.919. The molecule has 0 fully saturated rings. The van der Waals surface area contributed by atoms with E-state index < -0.39 is 5.97 Å². The van der Waals surface area contributed by atoms with Crippen LogP contribution in [0.1, 0.15) is 28.2 Å². The molecule has 0 bridgehead atoms. The van der Waals surface area contributed by atoms with E-state index in [1.165, 1.54) is 6.08 Å². The summed E-state index contributed by atoms with van der Waals surface area (Å²) in [6, 6.07) is 0. The van der Waals surface area contributed by atoms with Crippen molar-refractivity contribution in [1.82, 2.24) is 0 Å². The van der Waals surface area contributed by atoms with Gasteiger partial charge in [0.1, 0.15) is 0 Å². The third-order valence-corrected chi connectivity index (χ3v) is 1.64. The minimum absolute atomic E-state index is 0.